The third-order valence-electron chi connectivity index (χ3n) is 6.66. The van der Waals surface area contributed by atoms with Gasteiger partial charge < -0.3 is 19.9 Å². The second kappa shape index (κ2) is 12.3. The number of benzene rings is 3. The number of halogens is 2. The van der Waals surface area contributed by atoms with E-state index in [0.29, 0.717) is 59.1 Å². The van der Waals surface area contributed by atoms with Gasteiger partial charge in [0.25, 0.3) is 11.8 Å². The summed E-state index contributed by atoms with van der Waals surface area (Å²) < 4.78 is 5.63. The zero-order chi connectivity index (χ0) is 26.4. The molecule has 1 fully saturated rings. The summed E-state index contributed by atoms with van der Waals surface area (Å²) in [5.74, 6) is 0.883. The largest absolute Gasteiger partial charge is 0.484 e. The average Bonchev–Trinajstić information content (AvgIpc) is 2.92. The number of amides is 2. The highest BCUT2D eigenvalue weighted by Gasteiger charge is 2.23. The van der Waals surface area contributed by atoms with Crippen LogP contribution in [0.2, 0.25) is 10.0 Å². The molecule has 1 aliphatic rings. The molecule has 3 aromatic rings. The fraction of sp³-hybridized carbons (Fsp3) is 0.310. The predicted molar refractivity (Wildman–Crippen MR) is 150 cm³/mol. The Morgan fingerprint density at radius 3 is 2.24 bits per heavy atom. The van der Waals surface area contributed by atoms with Crippen LogP contribution < -0.4 is 15.0 Å². The second-order valence-electron chi connectivity index (χ2n) is 9.17. The molecule has 1 saturated heterocycles. The first-order valence-corrected chi connectivity index (χ1v) is 13.2. The molecule has 1 N–H and O–H groups in total. The van der Waals surface area contributed by atoms with E-state index in [-0.39, 0.29) is 18.4 Å². The molecule has 3 aromatic carbocycles. The first-order chi connectivity index (χ1) is 17.8. The Bertz CT molecular complexity index is 1220. The van der Waals surface area contributed by atoms with Gasteiger partial charge in [0.15, 0.2) is 6.61 Å². The lowest BCUT2D eigenvalue weighted by atomic mass is 9.99. The average molecular weight is 540 g/mol. The minimum atomic E-state index is -0.260. The van der Waals surface area contributed by atoms with Crippen LogP contribution in [0.5, 0.6) is 5.75 Å². The molecule has 0 aliphatic carbocycles. The van der Waals surface area contributed by atoms with Crippen LogP contribution in [0.4, 0.5) is 11.4 Å². The van der Waals surface area contributed by atoms with Crippen LogP contribution in [0.1, 0.15) is 42.1 Å². The molecule has 194 valence electrons. The summed E-state index contributed by atoms with van der Waals surface area (Å²) in [5.41, 5.74) is 3.36. The van der Waals surface area contributed by atoms with Crippen LogP contribution in [-0.2, 0) is 4.79 Å². The van der Waals surface area contributed by atoms with Crippen LogP contribution in [0, 0.1) is 0 Å². The Morgan fingerprint density at radius 2 is 1.62 bits per heavy atom. The van der Waals surface area contributed by atoms with E-state index >= 15 is 0 Å². The van der Waals surface area contributed by atoms with Crippen molar-refractivity contribution in [2.75, 3.05) is 43.0 Å². The van der Waals surface area contributed by atoms with E-state index in [0.717, 1.165) is 12.1 Å². The number of rotatable bonds is 8. The van der Waals surface area contributed by atoms with Crippen molar-refractivity contribution in [3.8, 4) is 5.75 Å². The van der Waals surface area contributed by atoms with Crippen molar-refractivity contribution in [3.63, 3.8) is 0 Å². The number of carbonyl (C=O) groups is 2. The van der Waals surface area contributed by atoms with Gasteiger partial charge in [-0.15, -0.1) is 0 Å². The molecule has 0 spiro atoms. The van der Waals surface area contributed by atoms with Gasteiger partial charge in [0, 0.05) is 42.5 Å². The van der Waals surface area contributed by atoms with Crippen molar-refractivity contribution in [1.82, 2.24) is 4.90 Å². The second-order valence-corrected chi connectivity index (χ2v) is 10.0. The Balaban J connectivity index is 1.27. The third-order valence-corrected chi connectivity index (χ3v) is 7.22. The Kier molecular flexibility index (Phi) is 8.95. The van der Waals surface area contributed by atoms with E-state index in [4.69, 9.17) is 27.9 Å². The lowest BCUT2D eigenvalue weighted by Gasteiger charge is -2.36. The maximum atomic E-state index is 12.8. The number of ether oxygens (including phenoxy) is 1. The maximum absolute atomic E-state index is 12.8. The van der Waals surface area contributed by atoms with Crippen molar-refractivity contribution < 1.29 is 14.3 Å². The minimum absolute atomic E-state index is 0.00541. The molecule has 0 radical (unpaired) electrons. The number of piperazine rings is 1. The molecule has 0 bridgehead atoms. The molecule has 37 heavy (non-hydrogen) atoms. The number of carbonyl (C=O) groups excluding carboxylic acids is 2. The Morgan fingerprint density at radius 1 is 0.946 bits per heavy atom. The molecule has 1 atom stereocenters. The fourth-order valence-corrected chi connectivity index (χ4v) is 4.67. The van der Waals surface area contributed by atoms with Gasteiger partial charge in [-0.1, -0.05) is 49.2 Å². The zero-order valence-corrected chi connectivity index (χ0v) is 22.6. The summed E-state index contributed by atoms with van der Waals surface area (Å²) in [7, 11) is 0. The smallest absolute Gasteiger partial charge is 0.262 e. The van der Waals surface area contributed by atoms with Gasteiger partial charge in [0.1, 0.15) is 5.75 Å². The lowest BCUT2D eigenvalue weighted by Crippen LogP contribution is -2.48. The molecular weight excluding hydrogens is 509 g/mol. The number of hydrogen-bond donors (Lipinski definition) is 1. The van der Waals surface area contributed by atoms with Crippen molar-refractivity contribution in [2.45, 2.75) is 26.2 Å². The van der Waals surface area contributed by atoms with E-state index < -0.39 is 0 Å². The van der Waals surface area contributed by atoms with Gasteiger partial charge in [0.05, 0.1) is 10.7 Å². The summed E-state index contributed by atoms with van der Waals surface area (Å²) in [6.07, 6.45) is 1.07. The number of nitrogens with one attached hydrogen (secondary N) is 1. The highest BCUT2D eigenvalue weighted by molar-refractivity contribution is 6.33. The van der Waals surface area contributed by atoms with E-state index in [9.17, 15) is 9.59 Å². The number of nitrogens with zero attached hydrogens (tertiary/aromatic N) is 2. The van der Waals surface area contributed by atoms with Crippen molar-refractivity contribution in [2.24, 2.45) is 0 Å². The van der Waals surface area contributed by atoms with Gasteiger partial charge in [0.2, 0.25) is 0 Å². The molecule has 2 amide bonds. The molecule has 0 saturated carbocycles. The minimum Gasteiger partial charge on any atom is -0.484 e. The molecule has 1 aliphatic heterocycles. The van der Waals surface area contributed by atoms with Gasteiger partial charge in [-0.25, -0.2) is 0 Å². The van der Waals surface area contributed by atoms with Crippen LogP contribution in [-0.4, -0.2) is 49.5 Å². The molecule has 1 unspecified atom stereocenters. The summed E-state index contributed by atoms with van der Waals surface area (Å²) in [5, 5.41) is 3.98. The quantitative estimate of drug-likeness (QED) is 0.355. The first kappa shape index (κ1) is 26.8. The van der Waals surface area contributed by atoms with E-state index in [2.05, 4.69) is 24.1 Å². The van der Waals surface area contributed by atoms with Crippen LogP contribution in [0.15, 0.2) is 66.7 Å². The lowest BCUT2D eigenvalue weighted by molar-refractivity contribution is -0.118. The number of hydrogen-bond acceptors (Lipinski definition) is 4. The molecule has 6 nitrogen and oxygen atoms in total. The van der Waals surface area contributed by atoms with Gasteiger partial charge >= 0.3 is 0 Å². The molecular formula is C29H31Cl2N3O3. The third kappa shape index (κ3) is 6.96. The van der Waals surface area contributed by atoms with Crippen LogP contribution in [0.25, 0.3) is 0 Å². The summed E-state index contributed by atoms with van der Waals surface area (Å²) >= 11 is 12.5. The van der Waals surface area contributed by atoms with Gasteiger partial charge in [-0.3, -0.25) is 9.59 Å². The predicted octanol–water partition coefficient (Wildman–Crippen LogP) is 6.49. The Labute approximate surface area is 228 Å². The van der Waals surface area contributed by atoms with E-state index in [1.54, 1.807) is 30.3 Å². The highest BCUT2D eigenvalue weighted by atomic mass is 35.5. The first-order valence-electron chi connectivity index (χ1n) is 12.5. The molecule has 8 heteroatoms. The maximum Gasteiger partial charge on any atom is 0.262 e. The normalized spacial score (nSPS) is 14.3. The van der Waals surface area contributed by atoms with Crippen LogP contribution in [0.3, 0.4) is 0 Å². The van der Waals surface area contributed by atoms with Crippen molar-refractivity contribution >= 4 is 46.4 Å². The topological polar surface area (TPSA) is 61.9 Å². The van der Waals surface area contributed by atoms with E-state index in [1.165, 1.54) is 5.56 Å². The summed E-state index contributed by atoms with van der Waals surface area (Å²) in [4.78, 5) is 29.1. The van der Waals surface area contributed by atoms with E-state index in [1.807, 2.05) is 41.3 Å². The SMILES string of the molecule is CCC(C)c1ccc(OCC(=O)Nc2ccc(N3CCN(C(=O)c4ccc(Cl)cc4)CC3)c(Cl)c2)cc1. The van der Waals surface area contributed by atoms with Crippen LogP contribution >= 0.6 is 23.2 Å². The van der Waals surface area contributed by atoms with Crippen molar-refractivity contribution in [1.29, 1.82) is 0 Å². The highest BCUT2D eigenvalue weighted by Crippen LogP contribution is 2.30. The molecule has 4 rings (SSSR count). The monoisotopic (exact) mass is 539 g/mol. The summed E-state index contributed by atoms with van der Waals surface area (Å²) in [6, 6.07) is 20.2. The summed E-state index contributed by atoms with van der Waals surface area (Å²) in [6.45, 7) is 6.75. The molecule has 0 aromatic heterocycles. The zero-order valence-electron chi connectivity index (χ0n) is 21.0. The standard InChI is InChI=1S/C29H31Cl2N3O3/c1-3-20(2)21-6-11-25(12-7-21)37-19-28(35)32-24-10-13-27(26(31)18-24)33-14-16-34(17-15-33)29(36)22-4-8-23(30)9-5-22/h4-13,18,20H,3,14-17,19H2,1-2H3,(H,32,35). The van der Waals surface area contributed by atoms with Gasteiger partial charge in [-0.2, -0.15) is 0 Å². The molecule has 1 heterocycles. The number of anilines is 2. The fourth-order valence-electron chi connectivity index (χ4n) is 4.24. The van der Waals surface area contributed by atoms with Crippen molar-refractivity contribution in [3.05, 3.63) is 87.9 Å². The Hall–Kier alpha value is -3.22. The van der Waals surface area contributed by atoms with Gasteiger partial charge in [-0.05, 0) is 72.5 Å².